The number of nitrogens with zero attached hydrogens (tertiary/aromatic N) is 4. The minimum atomic E-state index is -0.222. The minimum Gasteiger partial charge on any atom is -0.347 e. The van der Waals surface area contributed by atoms with Crippen LogP contribution in [0.25, 0.3) is 0 Å². The van der Waals surface area contributed by atoms with Crippen molar-refractivity contribution in [3.63, 3.8) is 0 Å². The van der Waals surface area contributed by atoms with Crippen molar-refractivity contribution < 1.29 is 4.92 Å². The highest BCUT2D eigenvalue weighted by Gasteiger charge is 2.49. The van der Waals surface area contributed by atoms with Crippen LogP contribution in [0.2, 0.25) is 5.15 Å². The molecule has 8 heteroatoms. The second kappa shape index (κ2) is 5.10. The summed E-state index contributed by atoms with van der Waals surface area (Å²) < 4.78 is 0. The molecule has 1 aromatic rings. The van der Waals surface area contributed by atoms with E-state index in [4.69, 9.17) is 11.6 Å². The maximum absolute atomic E-state index is 11.6. The first kappa shape index (κ1) is 13.8. The lowest BCUT2D eigenvalue weighted by Crippen LogP contribution is -2.50. The quantitative estimate of drug-likeness (QED) is 0.515. The molecule has 116 valence electrons. The Balaban J connectivity index is 1.67. The largest absolute Gasteiger partial charge is 0.347 e. The van der Waals surface area contributed by atoms with Gasteiger partial charge in [0.2, 0.25) is 0 Å². The predicted octanol–water partition coefficient (Wildman–Crippen LogP) is 1.39. The fourth-order valence-corrected chi connectivity index (χ4v) is 3.77. The summed E-state index contributed by atoms with van der Waals surface area (Å²) in [5.74, 6) is 0.784. The highest BCUT2D eigenvalue weighted by molar-refractivity contribution is 6.29. The highest BCUT2D eigenvalue weighted by Crippen LogP contribution is 2.37. The molecule has 0 aliphatic carbocycles. The van der Waals surface area contributed by atoms with Gasteiger partial charge in [-0.3, -0.25) is 15.4 Å². The molecule has 4 rings (SSSR count). The molecular formula is C14H16ClN5O2. The molecule has 0 saturated carbocycles. The molecule has 2 bridgehead atoms. The smallest absolute Gasteiger partial charge is 0.303 e. The number of nitrogens with one attached hydrogen (secondary N) is 1. The molecule has 3 aliphatic rings. The monoisotopic (exact) mass is 321 g/mol. The van der Waals surface area contributed by atoms with Crippen molar-refractivity contribution in [1.82, 2.24) is 20.1 Å². The summed E-state index contributed by atoms with van der Waals surface area (Å²) in [7, 11) is 0. The summed E-state index contributed by atoms with van der Waals surface area (Å²) in [4.78, 5) is 19.7. The fourth-order valence-electron chi connectivity index (χ4n) is 3.66. The number of pyridine rings is 1. The van der Waals surface area contributed by atoms with Gasteiger partial charge in [0.25, 0.3) is 0 Å². The topological polar surface area (TPSA) is 74.5 Å². The first-order valence-corrected chi connectivity index (χ1v) is 7.78. The van der Waals surface area contributed by atoms with Crippen LogP contribution in [0.1, 0.15) is 18.4 Å². The third-order valence-electron chi connectivity index (χ3n) is 4.60. The maximum Gasteiger partial charge on any atom is 0.303 e. The van der Waals surface area contributed by atoms with Gasteiger partial charge >= 0.3 is 5.70 Å². The van der Waals surface area contributed by atoms with Gasteiger partial charge in [-0.25, -0.2) is 4.98 Å². The van der Waals surface area contributed by atoms with Gasteiger partial charge in [-0.1, -0.05) is 17.7 Å². The van der Waals surface area contributed by atoms with Crippen molar-refractivity contribution in [1.29, 1.82) is 0 Å². The van der Waals surface area contributed by atoms with E-state index in [1.54, 1.807) is 12.3 Å². The first-order chi connectivity index (χ1) is 10.6. The number of hydrogen-bond acceptors (Lipinski definition) is 6. The number of fused-ring (bicyclic) bond motifs is 4. The summed E-state index contributed by atoms with van der Waals surface area (Å²) in [6.07, 6.45) is 3.75. The van der Waals surface area contributed by atoms with Gasteiger partial charge in [0, 0.05) is 25.8 Å². The number of aromatic nitrogens is 1. The van der Waals surface area contributed by atoms with Crippen molar-refractivity contribution in [2.45, 2.75) is 31.6 Å². The SMILES string of the molecule is O=[N+]([O-])C1=C2N(Cc3ccc(Cl)nc3)CCN2C2CCC1N2. The summed E-state index contributed by atoms with van der Waals surface area (Å²) in [5, 5.41) is 15.4. The first-order valence-electron chi connectivity index (χ1n) is 7.40. The molecule has 2 fully saturated rings. The van der Waals surface area contributed by atoms with E-state index >= 15 is 0 Å². The second-order valence-corrected chi connectivity index (χ2v) is 6.27. The van der Waals surface area contributed by atoms with E-state index in [-0.39, 0.29) is 17.1 Å². The Bertz CT molecular complexity index is 647. The molecule has 7 nitrogen and oxygen atoms in total. The van der Waals surface area contributed by atoms with Crippen molar-refractivity contribution in [3.05, 3.63) is 50.7 Å². The lowest BCUT2D eigenvalue weighted by Gasteiger charge is -2.33. The molecule has 2 saturated heterocycles. The summed E-state index contributed by atoms with van der Waals surface area (Å²) in [5.41, 5.74) is 1.32. The predicted molar refractivity (Wildman–Crippen MR) is 80.3 cm³/mol. The lowest BCUT2D eigenvalue weighted by molar-refractivity contribution is -0.434. The van der Waals surface area contributed by atoms with Gasteiger partial charge < -0.3 is 9.80 Å². The second-order valence-electron chi connectivity index (χ2n) is 5.88. The van der Waals surface area contributed by atoms with Crippen LogP contribution in [0.15, 0.2) is 29.8 Å². The Morgan fingerprint density at radius 2 is 2.27 bits per heavy atom. The molecule has 22 heavy (non-hydrogen) atoms. The summed E-state index contributed by atoms with van der Waals surface area (Å²) in [6.45, 7) is 2.23. The van der Waals surface area contributed by atoms with Gasteiger partial charge in [0.15, 0.2) is 5.82 Å². The van der Waals surface area contributed by atoms with Gasteiger partial charge in [-0.05, 0) is 24.5 Å². The van der Waals surface area contributed by atoms with Gasteiger partial charge in [0.05, 0.1) is 11.1 Å². The number of hydrogen-bond donors (Lipinski definition) is 1. The van der Waals surface area contributed by atoms with Crippen molar-refractivity contribution in [2.24, 2.45) is 0 Å². The minimum absolute atomic E-state index is 0.129. The molecule has 1 aromatic heterocycles. The molecule has 3 aliphatic heterocycles. The zero-order valence-corrected chi connectivity index (χ0v) is 12.7. The lowest BCUT2D eigenvalue weighted by atomic mass is 10.1. The van der Waals surface area contributed by atoms with Crippen LogP contribution in [0.4, 0.5) is 0 Å². The van der Waals surface area contributed by atoms with Gasteiger partial charge in [0.1, 0.15) is 11.2 Å². The van der Waals surface area contributed by atoms with Crippen LogP contribution in [0.3, 0.4) is 0 Å². The molecule has 2 atom stereocenters. The van der Waals surface area contributed by atoms with E-state index in [0.717, 1.165) is 37.3 Å². The molecule has 0 amide bonds. The van der Waals surface area contributed by atoms with Gasteiger partial charge in [-0.15, -0.1) is 0 Å². The maximum atomic E-state index is 11.6. The van der Waals surface area contributed by atoms with E-state index in [0.29, 0.717) is 17.4 Å². The molecule has 2 unspecified atom stereocenters. The zero-order chi connectivity index (χ0) is 15.3. The average molecular weight is 322 g/mol. The molecule has 1 N–H and O–H groups in total. The van der Waals surface area contributed by atoms with Crippen molar-refractivity contribution >= 4 is 11.6 Å². The van der Waals surface area contributed by atoms with E-state index in [2.05, 4.69) is 20.1 Å². The molecule has 0 radical (unpaired) electrons. The standard InChI is InChI=1S/C14H16ClN5O2/c15-11-3-1-9(7-16-11)8-18-5-6-19-12-4-2-10(17-12)13(14(18)19)20(21)22/h1,3,7,10,12,17H,2,4-6,8H2. The highest BCUT2D eigenvalue weighted by atomic mass is 35.5. The molecular weight excluding hydrogens is 306 g/mol. The van der Waals surface area contributed by atoms with Crippen molar-refractivity contribution in [3.8, 4) is 0 Å². The van der Waals surface area contributed by atoms with Crippen LogP contribution in [-0.2, 0) is 6.54 Å². The Hall–Kier alpha value is -1.86. The Morgan fingerprint density at radius 1 is 1.41 bits per heavy atom. The van der Waals surface area contributed by atoms with E-state index in [1.807, 2.05) is 6.07 Å². The van der Waals surface area contributed by atoms with E-state index in [1.165, 1.54) is 0 Å². The summed E-state index contributed by atoms with van der Waals surface area (Å²) >= 11 is 5.81. The van der Waals surface area contributed by atoms with E-state index < -0.39 is 0 Å². The van der Waals surface area contributed by atoms with Crippen molar-refractivity contribution in [2.75, 3.05) is 13.1 Å². The third kappa shape index (κ3) is 2.12. The van der Waals surface area contributed by atoms with Gasteiger partial charge in [-0.2, -0.15) is 0 Å². The number of halogens is 1. The van der Waals surface area contributed by atoms with E-state index in [9.17, 15) is 10.1 Å². The Kier molecular flexibility index (Phi) is 3.19. The Labute approximate surface area is 132 Å². The average Bonchev–Trinajstić information content (AvgIpc) is 3.08. The molecule has 0 spiro atoms. The number of rotatable bonds is 3. The fraction of sp³-hybridized carbons (Fsp3) is 0.500. The number of nitro groups is 1. The zero-order valence-electron chi connectivity index (χ0n) is 11.9. The third-order valence-corrected chi connectivity index (χ3v) is 4.82. The molecule has 4 heterocycles. The van der Waals surface area contributed by atoms with Crippen LogP contribution in [-0.4, -0.2) is 45.0 Å². The normalized spacial score (nSPS) is 26.6. The molecule has 0 aromatic carbocycles. The summed E-state index contributed by atoms with van der Waals surface area (Å²) in [6, 6.07) is 3.54. The van der Waals surface area contributed by atoms with Crippen LogP contribution in [0, 0.1) is 10.1 Å². The van der Waals surface area contributed by atoms with Crippen LogP contribution >= 0.6 is 11.6 Å². The van der Waals surface area contributed by atoms with Crippen LogP contribution < -0.4 is 5.32 Å². The van der Waals surface area contributed by atoms with Crippen LogP contribution in [0.5, 0.6) is 0 Å². The Morgan fingerprint density at radius 3 is 3.00 bits per heavy atom.